The Balaban J connectivity index is 2.78. The van der Waals surface area contributed by atoms with Gasteiger partial charge in [0.15, 0.2) is 5.78 Å². The first-order valence-corrected chi connectivity index (χ1v) is 6.12. The van der Waals surface area contributed by atoms with Gasteiger partial charge >= 0.3 is 5.97 Å². The monoisotopic (exact) mass is 230 g/mol. The summed E-state index contributed by atoms with van der Waals surface area (Å²) in [5, 5.41) is -0.252. The van der Waals surface area contributed by atoms with Crippen LogP contribution in [0, 0.1) is 5.92 Å². The molecule has 0 aromatic carbocycles. The molecule has 0 aromatic rings. The van der Waals surface area contributed by atoms with E-state index in [1.165, 1.54) is 11.8 Å². The van der Waals surface area contributed by atoms with Gasteiger partial charge in [0.1, 0.15) is 11.7 Å². The van der Waals surface area contributed by atoms with E-state index in [9.17, 15) is 14.4 Å². The Morgan fingerprint density at radius 1 is 1.53 bits per heavy atom. The van der Waals surface area contributed by atoms with Crippen LogP contribution >= 0.6 is 11.8 Å². The van der Waals surface area contributed by atoms with Crippen molar-refractivity contribution in [1.29, 1.82) is 0 Å². The minimum Gasteiger partial charge on any atom is -0.465 e. The maximum absolute atomic E-state index is 11.6. The second kappa shape index (κ2) is 5.30. The van der Waals surface area contributed by atoms with Crippen molar-refractivity contribution in [3.8, 4) is 0 Å². The number of carbonyl (C=O) groups is 3. The zero-order chi connectivity index (χ0) is 11.4. The summed E-state index contributed by atoms with van der Waals surface area (Å²) < 4.78 is 4.83. The average molecular weight is 230 g/mol. The smallest absolute Gasteiger partial charge is 0.317 e. The number of thioether (sulfide) groups is 1. The number of rotatable bonds is 3. The molecule has 0 aromatic heterocycles. The largest absolute Gasteiger partial charge is 0.465 e. The number of hydrogen-bond donors (Lipinski definition) is 0. The summed E-state index contributed by atoms with van der Waals surface area (Å²) in [5.74, 6) is -1.63. The number of esters is 1. The standard InChI is InChI=1S/C10H14O4S/c1-3-14-10(13)9-7(12)4-6(11)5-8(9)15-2/h8-9H,3-5H2,1-2H3. The highest BCUT2D eigenvalue weighted by Crippen LogP contribution is 2.29. The first-order chi connectivity index (χ1) is 7.10. The van der Waals surface area contributed by atoms with Crippen LogP contribution in [0.5, 0.6) is 0 Å². The molecular formula is C10H14O4S. The van der Waals surface area contributed by atoms with Gasteiger partial charge < -0.3 is 4.74 Å². The molecule has 2 atom stereocenters. The quantitative estimate of drug-likeness (QED) is 0.531. The second-order valence-corrected chi connectivity index (χ2v) is 4.47. The van der Waals surface area contributed by atoms with Crippen LogP contribution in [0.15, 0.2) is 0 Å². The third-order valence-corrected chi connectivity index (χ3v) is 3.41. The molecule has 1 rings (SSSR count). The lowest BCUT2D eigenvalue weighted by atomic mass is 9.86. The number of Topliss-reactive ketones (excluding diaryl/α,β-unsaturated/α-hetero) is 2. The van der Waals surface area contributed by atoms with Gasteiger partial charge in [0.25, 0.3) is 0 Å². The highest BCUT2D eigenvalue weighted by atomic mass is 32.2. The Bertz CT molecular complexity index is 287. The predicted octanol–water partition coefficient (Wildman–Crippen LogP) is 0.829. The highest BCUT2D eigenvalue weighted by Gasteiger charge is 2.41. The lowest BCUT2D eigenvalue weighted by Crippen LogP contribution is -2.41. The molecule has 0 spiro atoms. The SMILES string of the molecule is CCOC(=O)C1C(=O)CC(=O)CC1SC. The number of ether oxygens (including phenoxy) is 1. The van der Waals surface area contributed by atoms with Crippen LogP contribution in [0.4, 0.5) is 0 Å². The zero-order valence-electron chi connectivity index (χ0n) is 8.82. The molecule has 1 saturated carbocycles. The fourth-order valence-corrected chi connectivity index (χ4v) is 2.55. The van der Waals surface area contributed by atoms with Crippen molar-refractivity contribution in [2.75, 3.05) is 12.9 Å². The van der Waals surface area contributed by atoms with Gasteiger partial charge in [-0.1, -0.05) is 0 Å². The van der Waals surface area contributed by atoms with E-state index in [4.69, 9.17) is 4.74 Å². The molecule has 4 nitrogen and oxygen atoms in total. The summed E-state index contributed by atoms with van der Waals surface area (Å²) >= 11 is 1.37. The maximum Gasteiger partial charge on any atom is 0.317 e. The van der Waals surface area contributed by atoms with Gasteiger partial charge in [0.2, 0.25) is 0 Å². The summed E-state index contributed by atoms with van der Waals surface area (Å²) in [6.45, 7) is 1.96. The van der Waals surface area contributed by atoms with Crippen molar-refractivity contribution in [3.63, 3.8) is 0 Å². The molecule has 0 bridgehead atoms. The van der Waals surface area contributed by atoms with Crippen molar-refractivity contribution in [2.45, 2.75) is 25.0 Å². The normalized spacial score (nSPS) is 26.5. The third-order valence-electron chi connectivity index (χ3n) is 2.36. The van der Waals surface area contributed by atoms with Crippen LogP contribution in [0.2, 0.25) is 0 Å². The van der Waals surface area contributed by atoms with E-state index in [-0.39, 0.29) is 36.3 Å². The van der Waals surface area contributed by atoms with Gasteiger partial charge in [0, 0.05) is 11.7 Å². The first kappa shape index (κ1) is 12.2. The van der Waals surface area contributed by atoms with E-state index in [1.54, 1.807) is 13.2 Å². The van der Waals surface area contributed by atoms with Crippen molar-refractivity contribution < 1.29 is 19.1 Å². The molecule has 0 heterocycles. The van der Waals surface area contributed by atoms with Gasteiger partial charge in [-0.3, -0.25) is 14.4 Å². The lowest BCUT2D eigenvalue weighted by molar-refractivity contribution is -0.153. The van der Waals surface area contributed by atoms with Crippen LogP contribution in [-0.2, 0) is 19.1 Å². The van der Waals surface area contributed by atoms with E-state index < -0.39 is 11.9 Å². The molecular weight excluding hydrogens is 216 g/mol. The van der Waals surface area contributed by atoms with E-state index in [2.05, 4.69) is 0 Å². The van der Waals surface area contributed by atoms with Gasteiger partial charge in [0.05, 0.1) is 13.0 Å². The second-order valence-electron chi connectivity index (χ2n) is 3.39. The van der Waals surface area contributed by atoms with E-state index in [1.807, 2.05) is 0 Å². The molecule has 1 fully saturated rings. The molecule has 2 unspecified atom stereocenters. The zero-order valence-corrected chi connectivity index (χ0v) is 9.63. The molecule has 5 heteroatoms. The van der Waals surface area contributed by atoms with Crippen molar-refractivity contribution in [1.82, 2.24) is 0 Å². The summed E-state index contributed by atoms with van der Waals surface area (Å²) in [7, 11) is 0. The topological polar surface area (TPSA) is 60.4 Å². The Kier molecular flexibility index (Phi) is 4.32. The van der Waals surface area contributed by atoms with E-state index >= 15 is 0 Å². The van der Waals surface area contributed by atoms with Crippen LogP contribution in [0.3, 0.4) is 0 Å². The van der Waals surface area contributed by atoms with Gasteiger partial charge in [-0.2, -0.15) is 11.8 Å². The average Bonchev–Trinajstić information content (AvgIpc) is 2.16. The first-order valence-electron chi connectivity index (χ1n) is 4.84. The molecule has 0 radical (unpaired) electrons. The molecule has 1 aliphatic carbocycles. The number of carbonyl (C=O) groups excluding carboxylic acids is 3. The summed E-state index contributed by atoms with van der Waals surface area (Å²) in [4.78, 5) is 34.3. The van der Waals surface area contributed by atoms with Gasteiger partial charge in [-0.15, -0.1) is 0 Å². The minimum atomic E-state index is -0.752. The van der Waals surface area contributed by atoms with Crippen LogP contribution in [-0.4, -0.2) is 35.6 Å². The maximum atomic E-state index is 11.6. The molecule has 15 heavy (non-hydrogen) atoms. The van der Waals surface area contributed by atoms with Crippen LogP contribution in [0.25, 0.3) is 0 Å². The molecule has 0 amide bonds. The Morgan fingerprint density at radius 2 is 2.20 bits per heavy atom. The molecule has 0 aliphatic heterocycles. The summed E-state index contributed by atoms with van der Waals surface area (Å²) in [6.07, 6.45) is 1.96. The Labute approximate surface area is 92.7 Å². The third kappa shape index (κ3) is 2.81. The molecule has 0 saturated heterocycles. The minimum absolute atomic E-state index is 0.0834. The highest BCUT2D eigenvalue weighted by molar-refractivity contribution is 7.99. The fraction of sp³-hybridized carbons (Fsp3) is 0.700. The molecule has 1 aliphatic rings. The van der Waals surface area contributed by atoms with Crippen LogP contribution < -0.4 is 0 Å². The summed E-state index contributed by atoms with van der Waals surface area (Å²) in [6, 6.07) is 0. The van der Waals surface area contributed by atoms with E-state index in [0.717, 1.165) is 0 Å². The predicted molar refractivity (Wildman–Crippen MR) is 56.7 cm³/mol. The Hall–Kier alpha value is -0.840. The lowest BCUT2D eigenvalue weighted by Gasteiger charge is -2.26. The van der Waals surface area contributed by atoms with Gasteiger partial charge in [-0.25, -0.2) is 0 Å². The van der Waals surface area contributed by atoms with E-state index in [0.29, 0.717) is 0 Å². The number of ketones is 2. The number of hydrogen-bond acceptors (Lipinski definition) is 5. The fourth-order valence-electron chi connectivity index (χ4n) is 1.66. The van der Waals surface area contributed by atoms with Crippen LogP contribution in [0.1, 0.15) is 19.8 Å². The molecule has 84 valence electrons. The van der Waals surface area contributed by atoms with Crippen molar-refractivity contribution in [2.24, 2.45) is 5.92 Å². The van der Waals surface area contributed by atoms with Crippen molar-refractivity contribution in [3.05, 3.63) is 0 Å². The molecule has 0 N–H and O–H groups in total. The van der Waals surface area contributed by atoms with Crippen molar-refractivity contribution >= 4 is 29.3 Å². The Morgan fingerprint density at radius 3 is 2.73 bits per heavy atom. The van der Waals surface area contributed by atoms with Gasteiger partial charge in [-0.05, 0) is 13.2 Å². The summed E-state index contributed by atoms with van der Waals surface area (Å²) in [5.41, 5.74) is 0.